The van der Waals surface area contributed by atoms with Crippen molar-refractivity contribution in [3.8, 4) is 11.1 Å². The lowest BCUT2D eigenvalue weighted by Crippen LogP contribution is -2.49. The Morgan fingerprint density at radius 1 is 1.00 bits per heavy atom. The van der Waals surface area contributed by atoms with E-state index in [1.165, 1.54) is 0 Å². The van der Waals surface area contributed by atoms with Gasteiger partial charge in [0.2, 0.25) is 5.91 Å². The molecule has 0 radical (unpaired) electrons. The molecule has 1 unspecified atom stereocenters. The van der Waals surface area contributed by atoms with Gasteiger partial charge in [0.05, 0.1) is 12.3 Å². The maximum atomic E-state index is 13.5. The lowest BCUT2D eigenvalue weighted by Gasteiger charge is -2.23. The molecule has 1 saturated carbocycles. The summed E-state index contributed by atoms with van der Waals surface area (Å²) >= 11 is 0. The number of hydrogen-bond donors (Lipinski definition) is 3. The van der Waals surface area contributed by atoms with Crippen LogP contribution in [0.2, 0.25) is 0 Å². The second-order valence-electron chi connectivity index (χ2n) is 8.88. The van der Waals surface area contributed by atoms with E-state index in [0.717, 1.165) is 22.3 Å². The highest BCUT2D eigenvalue weighted by atomic mass is 19.4. The van der Waals surface area contributed by atoms with E-state index in [4.69, 9.17) is 9.84 Å². The third-order valence-corrected chi connectivity index (χ3v) is 6.57. The van der Waals surface area contributed by atoms with Crippen LogP contribution in [-0.4, -0.2) is 47.9 Å². The molecular formula is C25H25F3N2O5. The number of nitrogens with one attached hydrogen (secondary N) is 2. The molecule has 2 aromatic rings. The summed E-state index contributed by atoms with van der Waals surface area (Å²) < 4.78 is 45.8. The molecule has 2 aliphatic carbocycles. The molecule has 0 aromatic heterocycles. The number of aliphatic carboxylic acids is 1. The number of amides is 2. The number of ether oxygens (including phenoxy) is 1. The van der Waals surface area contributed by atoms with Gasteiger partial charge in [-0.15, -0.1) is 0 Å². The quantitative estimate of drug-likeness (QED) is 0.539. The van der Waals surface area contributed by atoms with Gasteiger partial charge in [0.15, 0.2) is 0 Å². The maximum Gasteiger partial charge on any atom is 0.409 e. The Hall–Kier alpha value is -3.56. The summed E-state index contributed by atoms with van der Waals surface area (Å²) in [5.74, 6) is -2.85. The fourth-order valence-electron chi connectivity index (χ4n) is 4.84. The Labute approximate surface area is 199 Å². The minimum Gasteiger partial charge on any atom is -0.481 e. The summed E-state index contributed by atoms with van der Waals surface area (Å²) in [6.45, 7) is -0.157. The molecule has 10 heteroatoms. The van der Waals surface area contributed by atoms with E-state index >= 15 is 0 Å². The van der Waals surface area contributed by atoms with Crippen LogP contribution in [0.3, 0.4) is 0 Å². The number of carboxylic acid groups (broad SMARTS) is 1. The molecule has 1 fully saturated rings. The van der Waals surface area contributed by atoms with Crippen LogP contribution in [0, 0.1) is 5.92 Å². The monoisotopic (exact) mass is 490 g/mol. The molecule has 35 heavy (non-hydrogen) atoms. The van der Waals surface area contributed by atoms with Crippen LogP contribution < -0.4 is 10.6 Å². The SMILES string of the molecule is O=C(CC(NC(=O)OCC1c2ccccc2-c2ccccc21)C(F)(F)F)N[C@@H]1CC[C@H](C(=O)O)C1. The fourth-order valence-corrected chi connectivity index (χ4v) is 4.84. The topological polar surface area (TPSA) is 105 Å². The number of benzene rings is 2. The average Bonchev–Trinajstić information content (AvgIpc) is 3.39. The predicted molar refractivity (Wildman–Crippen MR) is 120 cm³/mol. The van der Waals surface area contributed by atoms with Crippen LogP contribution in [0.4, 0.5) is 18.0 Å². The number of carboxylic acids is 1. The molecule has 0 saturated heterocycles. The van der Waals surface area contributed by atoms with E-state index in [1.807, 2.05) is 48.5 Å². The highest BCUT2D eigenvalue weighted by molar-refractivity contribution is 5.80. The fraction of sp³-hybridized carbons (Fsp3) is 0.400. The summed E-state index contributed by atoms with van der Waals surface area (Å²) in [5.41, 5.74) is 3.81. The third-order valence-electron chi connectivity index (χ3n) is 6.57. The van der Waals surface area contributed by atoms with Crippen LogP contribution in [0.15, 0.2) is 48.5 Å². The zero-order valence-electron chi connectivity index (χ0n) is 18.7. The highest BCUT2D eigenvalue weighted by Crippen LogP contribution is 2.44. The maximum absolute atomic E-state index is 13.5. The second kappa shape index (κ2) is 9.97. The number of alkyl carbamates (subject to hydrolysis) is 1. The molecule has 2 amide bonds. The van der Waals surface area contributed by atoms with Gasteiger partial charge in [-0.1, -0.05) is 48.5 Å². The number of alkyl halides is 3. The van der Waals surface area contributed by atoms with Crippen molar-refractivity contribution < 1.29 is 37.4 Å². The molecule has 2 aromatic carbocycles. The summed E-state index contributed by atoms with van der Waals surface area (Å²) in [6, 6.07) is 12.2. The zero-order valence-corrected chi connectivity index (χ0v) is 18.7. The first-order valence-corrected chi connectivity index (χ1v) is 11.3. The predicted octanol–water partition coefficient (Wildman–Crippen LogP) is 4.22. The highest BCUT2D eigenvalue weighted by Gasteiger charge is 2.43. The molecule has 0 spiro atoms. The van der Waals surface area contributed by atoms with Gasteiger partial charge in [0.1, 0.15) is 12.6 Å². The van der Waals surface area contributed by atoms with Gasteiger partial charge < -0.3 is 20.5 Å². The first-order chi connectivity index (χ1) is 16.6. The lowest BCUT2D eigenvalue weighted by atomic mass is 9.98. The van der Waals surface area contributed by atoms with Crippen molar-refractivity contribution in [2.45, 2.75) is 49.9 Å². The number of rotatable bonds is 7. The van der Waals surface area contributed by atoms with Crippen LogP contribution in [0.25, 0.3) is 11.1 Å². The molecule has 186 valence electrons. The van der Waals surface area contributed by atoms with E-state index in [9.17, 15) is 27.6 Å². The van der Waals surface area contributed by atoms with Crippen molar-refractivity contribution in [2.24, 2.45) is 5.92 Å². The van der Waals surface area contributed by atoms with Gasteiger partial charge in [0, 0.05) is 12.0 Å². The zero-order chi connectivity index (χ0) is 25.2. The van der Waals surface area contributed by atoms with Gasteiger partial charge in [-0.3, -0.25) is 9.59 Å². The summed E-state index contributed by atoms with van der Waals surface area (Å²) in [7, 11) is 0. The molecule has 2 aliphatic rings. The number of fused-ring (bicyclic) bond motifs is 3. The average molecular weight is 490 g/mol. The van der Waals surface area contributed by atoms with Gasteiger partial charge in [0.25, 0.3) is 0 Å². The minimum atomic E-state index is -4.87. The van der Waals surface area contributed by atoms with Crippen LogP contribution >= 0.6 is 0 Å². The summed E-state index contributed by atoms with van der Waals surface area (Å²) in [4.78, 5) is 35.5. The van der Waals surface area contributed by atoms with Crippen molar-refractivity contribution in [3.05, 3.63) is 59.7 Å². The van der Waals surface area contributed by atoms with Crippen LogP contribution in [0.5, 0.6) is 0 Å². The van der Waals surface area contributed by atoms with Gasteiger partial charge in [-0.2, -0.15) is 13.2 Å². The summed E-state index contributed by atoms with van der Waals surface area (Å²) in [6.07, 6.45) is -6.28. The standard InChI is InChI=1S/C25H25F3N2O5/c26-25(27,28)21(12-22(31)29-15-10-9-14(11-15)23(32)33)30-24(34)35-13-20-18-7-3-1-5-16(18)17-6-2-4-8-19(17)20/h1-8,14-15,20-21H,9-13H2,(H,29,31)(H,30,34)(H,32,33)/t14-,15+,21?/m0/s1. The van der Waals surface area contributed by atoms with Gasteiger partial charge >= 0.3 is 18.2 Å². The van der Waals surface area contributed by atoms with E-state index < -0.39 is 48.6 Å². The van der Waals surface area contributed by atoms with E-state index in [1.54, 1.807) is 5.32 Å². The minimum absolute atomic E-state index is 0.157. The second-order valence-corrected chi connectivity index (χ2v) is 8.88. The summed E-state index contributed by atoms with van der Waals surface area (Å²) in [5, 5.41) is 13.2. The van der Waals surface area contributed by atoms with E-state index in [-0.39, 0.29) is 18.9 Å². The van der Waals surface area contributed by atoms with E-state index in [2.05, 4.69) is 5.32 Å². The lowest BCUT2D eigenvalue weighted by molar-refractivity contribution is -0.160. The van der Waals surface area contributed by atoms with Crippen molar-refractivity contribution in [1.82, 2.24) is 10.6 Å². The number of halogens is 3. The first kappa shape index (κ1) is 24.6. The number of carbonyl (C=O) groups excluding carboxylic acids is 2. The van der Waals surface area contributed by atoms with Gasteiger partial charge in [-0.25, -0.2) is 4.79 Å². The molecule has 0 aliphatic heterocycles. The molecule has 7 nitrogen and oxygen atoms in total. The van der Waals surface area contributed by atoms with E-state index in [0.29, 0.717) is 12.8 Å². The Balaban J connectivity index is 1.35. The third kappa shape index (κ3) is 5.58. The molecule has 3 N–H and O–H groups in total. The number of carbonyl (C=O) groups is 3. The molecule has 0 heterocycles. The van der Waals surface area contributed by atoms with Crippen molar-refractivity contribution in [3.63, 3.8) is 0 Å². The molecule has 3 atom stereocenters. The Kier molecular flexibility index (Phi) is 7.00. The normalized spacial score (nSPS) is 20.0. The van der Waals surface area contributed by atoms with Crippen LogP contribution in [-0.2, 0) is 14.3 Å². The largest absolute Gasteiger partial charge is 0.481 e. The molecule has 4 rings (SSSR count). The Bertz CT molecular complexity index is 1070. The molecular weight excluding hydrogens is 465 g/mol. The van der Waals surface area contributed by atoms with Crippen LogP contribution in [0.1, 0.15) is 42.7 Å². The van der Waals surface area contributed by atoms with Crippen molar-refractivity contribution in [2.75, 3.05) is 6.61 Å². The smallest absolute Gasteiger partial charge is 0.409 e. The van der Waals surface area contributed by atoms with Crippen molar-refractivity contribution >= 4 is 18.0 Å². The molecule has 0 bridgehead atoms. The Morgan fingerprint density at radius 2 is 1.60 bits per heavy atom. The Morgan fingerprint density at radius 3 is 2.14 bits per heavy atom. The van der Waals surface area contributed by atoms with Gasteiger partial charge in [-0.05, 0) is 41.5 Å². The van der Waals surface area contributed by atoms with Crippen molar-refractivity contribution in [1.29, 1.82) is 0 Å². The first-order valence-electron chi connectivity index (χ1n) is 11.3. The number of hydrogen-bond acceptors (Lipinski definition) is 4.